The lowest BCUT2D eigenvalue weighted by molar-refractivity contribution is -0.136. The van der Waals surface area contributed by atoms with Crippen molar-refractivity contribution < 1.29 is 18.7 Å². The average molecular weight is 491 g/mol. The van der Waals surface area contributed by atoms with Gasteiger partial charge in [-0.15, -0.1) is 11.6 Å². The number of hydrogen-bond acceptors (Lipinski definition) is 7. The molecule has 0 bridgehead atoms. The predicted octanol–water partition coefficient (Wildman–Crippen LogP) is -0.425. The van der Waals surface area contributed by atoms with Gasteiger partial charge in [-0.25, -0.2) is 8.78 Å². The first-order valence-corrected chi connectivity index (χ1v) is 13.0. The molecule has 0 aromatic heterocycles. The van der Waals surface area contributed by atoms with E-state index >= 15 is 4.39 Å². The number of amides is 1. The van der Waals surface area contributed by atoms with Gasteiger partial charge in [-0.05, 0) is 25.7 Å². The second-order valence-corrected chi connectivity index (χ2v) is 10.8. The van der Waals surface area contributed by atoms with Crippen molar-refractivity contribution in [2.45, 2.75) is 67.9 Å². The van der Waals surface area contributed by atoms with Crippen molar-refractivity contribution in [2.75, 3.05) is 45.9 Å². The smallest absolute Gasteiger partial charge is 0.254 e. The summed E-state index contributed by atoms with van der Waals surface area (Å²) in [6, 6.07) is -0.427. The molecule has 5 fully saturated rings. The molecule has 1 amide bonds. The van der Waals surface area contributed by atoms with Crippen LogP contribution in [0.4, 0.5) is 8.78 Å². The molecule has 3 heterocycles. The van der Waals surface area contributed by atoms with Crippen LogP contribution >= 0.6 is 11.6 Å². The molecule has 0 radical (unpaired) electrons. The quantitative estimate of drug-likeness (QED) is 0.343. The minimum Gasteiger partial charge on any atom is -0.393 e. The Bertz CT molecular complexity index is 686. The van der Waals surface area contributed by atoms with Gasteiger partial charge in [0, 0.05) is 75.1 Å². The van der Waals surface area contributed by atoms with E-state index in [2.05, 4.69) is 26.2 Å². The minimum atomic E-state index is -1.31. The number of hydrogen-bond donors (Lipinski definition) is 5. The Morgan fingerprint density at radius 2 is 1.70 bits per heavy atom. The van der Waals surface area contributed by atoms with Gasteiger partial charge in [0.1, 0.15) is 18.5 Å². The van der Waals surface area contributed by atoms with E-state index in [0.29, 0.717) is 58.5 Å². The Labute approximate surface area is 199 Å². The SMILES string of the molecule is O=C(C1NCCN1)N1CCN(C2NCNC3C(F)C(C4C(O)CCCC4F)C(Cl)CC32)CC1. The van der Waals surface area contributed by atoms with Gasteiger partial charge in [0.2, 0.25) is 0 Å². The summed E-state index contributed by atoms with van der Waals surface area (Å²) in [5, 5.41) is 23.1. The Hall–Kier alpha value is -0.620. The first-order valence-electron chi connectivity index (χ1n) is 12.5. The number of carbonyl (C=O) groups excluding carboxylic acids is 1. The van der Waals surface area contributed by atoms with Crippen molar-refractivity contribution in [3.05, 3.63) is 0 Å². The zero-order valence-corrected chi connectivity index (χ0v) is 19.7. The molecule has 5 N–H and O–H groups in total. The van der Waals surface area contributed by atoms with Crippen LogP contribution in [0.25, 0.3) is 0 Å². The summed E-state index contributed by atoms with van der Waals surface area (Å²) >= 11 is 6.74. The highest BCUT2D eigenvalue weighted by Crippen LogP contribution is 2.46. The van der Waals surface area contributed by atoms with Crippen LogP contribution in [0.2, 0.25) is 0 Å². The standard InChI is InChI=1S/C22H37ClF2N6O2/c23-13-10-12-19(18(25)16(13)17-14(24)2-1-3-15(17)32)28-11-29-21(12)30-6-8-31(9-7-30)22(33)20-26-4-5-27-20/h12-21,26-29,32H,1-11H2. The van der Waals surface area contributed by atoms with Gasteiger partial charge in [-0.1, -0.05) is 0 Å². The van der Waals surface area contributed by atoms with Crippen LogP contribution < -0.4 is 21.3 Å². The molecule has 5 rings (SSSR count). The maximum atomic E-state index is 15.9. The molecular weight excluding hydrogens is 454 g/mol. The molecule has 9 atom stereocenters. The van der Waals surface area contributed by atoms with Gasteiger partial charge in [0.15, 0.2) is 0 Å². The number of alkyl halides is 3. The molecule has 3 saturated heterocycles. The molecule has 33 heavy (non-hydrogen) atoms. The van der Waals surface area contributed by atoms with Gasteiger partial charge in [0.05, 0.1) is 12.3 Å². The molecule has 0 aromatic rings. The summed E-state index contributed by atoms with van der Waals surface area (Å²) in [4.78, 5) is 16.9. The van der Waals surface area contributed by atoms with Crippen LogP contribution in [0.15, 0.2) is 0 Å². The zero-order valence-electron chi connectivity index (χ0n) is 18.9. The number of carbonyl (C=O) groups is 1. The van der Waals surface area contributed by atoms with E-state index in [4.69, 9.17) is 11.6 Å². The van der Waals surface area contributed by atoms with E-state index < -0.39 is 41.7 Å². The Morgan fingerprint density at radius 1 is 0.970 bits per heavy atom. The summed E-state index contributed by atoms with van der Waals surface area (Å²) < 4.78 is 30.7. The number of nitrogens with zero attached hydrogens (tertiary/aromatic N) is 2. The first-order chi connectivity index (χ1) is 16.0. The Kier molecular flexibility index (Phi) is 7.42. The highest BCUT2D eigenvalue weighted by molar-refractivity contribution is 6.21. The maximum Gasteiger partial charge on any atom is 0.254 e. The molecule has 188 valence electrons. The average Bonchev–Trinajstić information content (AvgIpc) is 3.35. The molecular formula is C22H37ClF2N6O2. The van der Waals surface area contributed by atoms with Crippen LogP contribution in [0, 0.1) is 17.8 Å². The second kappa shape index (κ2) is 10.2. The fourth-order valence-corrected chi connectivity index (χ4v) is 7.36. The Morgan fingerprint density at radius 3 is 2.39 bits per heavy atom. The highest BCUT2D eigenvalue weighted by Gasteiger charge is 2.55. The van der Waals surface area contributed by atoms with E-state index in [1.165, 1.54) is 0 Å². The van der Waals surface area contributed by atoms with Gasteiger partial charge >= 0.3 is 0 Å². The summed E-state index contributed by atoms with van der Waals surface area (Å²) in [7, 11) is 0. The lowest BCUT2D eigenvalue weighted by atomic mass is 9.65. The minimum absolute atomic E-state index is 0.0471. The normalized spacial score (nSPS) is 45.7. The largest absolute Gasteiger partial charge is 0.393 e. The summed E-state index contributed by atoms with van der Waals surface area (Å²) in [6.07, 6.45) is -1.62. The van der Waals surface area contributed by atoms with E-state index in [-0.39, 0.29) is 24.2 Å². The lowest BCUT2D eigenvalue weighted by Gasteiger charge is -2.54. The van der Waals surface area contributed by atoms with Crippen LogP contribution in [-0.4, -0.2) is 109 Å². The molecule has 8 nitrogen and oxygen atoms in total. The second-order valence-electron chi connectivity index (χ2n) is 10.3. The van der Waals surface area contributed by atoms with Crippen LogP contribution in [0.1, 0.15) is 25.7 Å². The van der Waals surface area contributed by atoms with E-state index in [1.54, 1.807) is 0 Å². The van der Waals surface area contributed by atoms with Crippen molar-refractivity contribution >= 4 is 17.5 Å². The third-order valence-electron chi connectivity index (χ3n) is 8.52. The Balaban J connectivity index is 1.23. The van der Waals surface area contributed by atoms with Crippen molar-refractivity contribution in [3.63, 3.8) is 0 Å². The van der Waals surface area contributed by atoms with Gasteiger partial charge in [-0.3, -0.25) is 31.0 Å². The predicted molar refractivity (Wildman–Crippen MR) is 121 cm³/mol. The molecule has 9 unspecified atom stereocenters. The molecule has 3 aliphatic heterocycles. The number of rotatable bonds is 3. The van der Waals surface area contributed by atoms with Gasteiger partial charge in [0.25, 0.3) is 5.91 Å². The fourth-order valence-electron chi connectivity index (χ4n) is 6.84. The van der Waals surface area contributed by atoms with Gasteiger partial charge < -0.3 is 10.0 Å². The third kappa shape index (κ3) is 4.64. The highest BCUT2D eigenvalue weighted by atomic mass is 35.5. The van der Waals surface area contributed by atoms with Crippen LogP contribution in [-0.2, 0) is 4.79 Å². The molecule has 11 heteroatoms. The molecule has 2 saturated carbocycles. The summed E-state index contributed by atoms with van der Waals surface area (Å²) in [6.45, 7) is 4.74. The fraction of sp³-hybridized carbons (Fsp3) is 0.955. The van der Waals surface area contributed by atoms with Crippen molar-refractivity contribution in [1.29, 1.82) is 0 Å². The van der Waals surface area contributed by atoms with E-state index in [0.717, 1.165) is 13.1 Å². The third-order valence-corrected chi connectivity index (χ3v) is 8.99. The molecule has 0 aromatic carbocycles. The first kappa shape index (κ1) is 24.1. The molecule has 2 aliphatic carbocycles. The van der Waals surface area contributed by atoms with Crippen LogP contribution in [0.3, 0.4) is 0 Å². The van der Waals surface area contributed by atoms with E-state index in [9.17, 15) is 14.3 Å². The zero-order chi connectivity index (χ0) is 23.1. The van der Waals surface area contributed by atoms with Crippen molar-refractivity contribution in [2.24, 2.45) is 17.8 Å². The van der Waals surface area contributed by atoms with E-state index in [1.807, 2.05) is 4.90 Å². The van der Waals surface area contributed by atoms with Crippen molar-refractivity contribution in [3.8, 4) is 0 Å². The molecule has 0 spiro atoms. The number of halogens is 3. The molecule has 5 aliphatic rings. The van der Waals surface area contributed by atoms with Gasteiger partial charge in [-0.2, -0.15) is 0 Å². The topological polar surface area (TPSA) is 91.9 Å². The number of nitrogens with one attached hydrogen (secondary N) is 4. The summed E-state index contributed by atoms with van der Waals surface area (Å²) in [5.41, 5.74) is 0. The number of fused-ring (bicyclic) bond motifs is 1. The lowest BCUT2D eigenvalue weighted by Crippen LogP contribution is -2.71. The number of aliphatic hydroxyl groups is 1. The van der Waals surface area contributed by atoms with Crippen LogP contribution in [0.5, 0.6) is 0 Å². The number of aliphatic hydroxyl groups excluding tert-OH is 1. The number of piperazine rings is 1. The monoisotopic (exact) mass is 490 g/mol. The maximum absolute atomic E-state index is 15.9. The summed E-state index contributed by atoms with van der Waals surface area (Å²) in [5.74, 6) is -1.41. The van der Waals surface area contributed by atoms with Crippen molar-refractivity contribution in [1.82, 2.24) is 31.1 Å².